The maximum Gasteiger partial charge on any atom is 0.334 e. The van der Waals surface area contributed by atoms with Gasteiger partial charge in [-0.1, -0.05) is 24.3 Å². The monoisotopic (exact) mass is 650 g/mol. The van der Waals surface area contributed by atoms with Crippen LogP contribution in [0.15, 0.2) is 81.6 Å². The van der Waals surface area contributed by atoms with Gasteiger partial charge in [0.1, 0.15) is 11.5 Å². The fraction of sp³-hybridized carbons (Fsp3) is 0.500. The van der Waals surface area contributed by atoms with Crippen LogP contribution in [-0.4, -0.2) is 14.2 Å². The molecule has 0 unspecified atom stereocenters. The molecule has 0 atom stereocenters. The van der Waals surface area contributed by atoms with Gasteiger partial charge in [-0.2, -0.15) is 0 Å². The molecule has 2 aromatic heterocycles. The molecule has 4 aromatic rings. The summed E-state index contributed by atoms with van der Waals surface area (Å²) in [5.41, 5.74) is 4.68. The minimum absolute atomic E-state index is 0.144. The third kappa shape index (κ3) is 7.19. The van der Waals surface area contributed by atoms with Gasteiger partial charge in [-0.3, -0.25) is 0 Å². The second-order valence-electron chi connectivity index (χ2n) is 17.9. The molecule has 0 amide bonds. The Labute approximate surface area is 289 Å². The fourth-order valence-electron chi connectivity index (χ4n) is 6.97. The molecule has 0 N–H and O–H groups in total. The maximum atomic E-state index is 6.68. The van der Waals surface area contributed by atoms with Crippen LogP contribution in [0, 0.1) is 0 Å². The fourth-order valence-corrected chi connectivity index (χ4v) is 6.97. The SMILES string of the molecule is COc1ccc(C2C(c3cc(C(C)(C)C)[o+]c(C(C)(C)C)c3)C(c3ccc(OC)cc3)C2c2cc(C(C)(C)C)[o+]c(C(C)(C)C)c2)cc1. The standard InChI is InChI=1S/C44H58O4/c1-41(2,3)33-23-29(24-34(47-33)42(4,5)6)39-37(27-15-19-31(45-13)20-16-27)40(38(39)28-17-21-32(46-14)22-18-28)30-25-35(43(7,8)9)48-36(26-30)44(10,11)12/h15-26,37-40H,1-14H3/q+2. The summed E-state index contributed by atoms with van der Waals surface area (Å²) >= 11 is 0. The van der Waals surface area contributed by atoms with Crippen LogP contribution in [0.2, 0.25) is 0 Å². The second kappa shape index (κ2) is 12.7. The summed E-state index contributed by atoms with van der Waals surface area (Å²) in [5.74, 6) is 6.58. The van der Waals surface area contributed by atoms with E-state index < -0.39 is 0 Å². The van der Waals surface area contributed by atoms with Crippen molar-refractivity contribution in [3.8, 4) is 11.5 Å². The molecule has 0 bridgehead atoms. The third-order valence-electron chi connectivity index (χ3n) is 9.91. The summed E-state index contributed by atoms with van der Waals surface area (Å²) in [6.45, 7) is 26.9. The van der Waals surface area contributed by atoms with E-state index in [2.05, 4.69) is 156 Å². The number of hydrogen-bond acceptors (Lipinski definition) is 2. The van der Waals surface area contributed by atoms with Crippen LogP contribution >= 0.6 is 0 Å². The zero-order valence-electron chi connectivity index (χ0n) is 31.9. The summed E-state index contributed by atoms with van der Waals surface area (Å²) in [6, 6.07) is 26.8. The largest absolute Gasteiger partial charge is 0.497 e. The molecule has 1 fully saturated rings. The van der Waals surface area contributed by atoms with Crippen molar-refractivity contribution in [2.75, 3.05) is 14.2 Å². The summed E-state index contributed by atoms with van der Waals surface area (Å²) in [4.78, 5) is 0. The zero-order valence-corrected chi connectivity index (χ0v) is 31.9. The molecule has 5 rings (SSSR count). The Morgan fingerprint density at radius 3 is 0.812 bits per heavy atom. The summed E-state index contributed by atoms with van der Waals surface area (Å²) in [7, 11) is 3.46. The lowest BCUT2D eigenvalue weighted by atomic mass is 9.49. The van der Waals surface area contributed by atoms with E-state index in [0.717, 1.165) is 34.5 Å². The topological polar surface area (TPSA) is 41.1 Å². The van der Waals surface area contributed by atoms with Gasteiger partial charge in [0.15, 0.2) is 0 Å². The molecule has 1 aliphatic carbocycles. The quantitative estimate of drug-likeness (QED) is 0.195. The van der Waals surface area contributed by atoms with Crippen LogP contribution in [0.4, 0.5) is 0 Å². The van der Waals surface area contributed by atoms with E-state index >= 15 is 0 Å². The molecule has 0 spiro atoms. The summed E-state index contributed by atoms with van der Waals surface area (Å²) < 4.78 is 24.6. The number of methoxy groups -OCH3 is 2. The number of rotatable bonds is 6. The van der Waals surface area contributed by atoms with Crippen molar-refractivity contribution in [1.82, 2.24) is 0 Å². The first kappa shape index (κ1) is 35.6. The Morgan fingerprint density at radius 2 is 0.604 bits per heavy atom. The third-order valence-corrected chi connectivity index (χ3v) is 9.91. The van der Waals surface area contributed by atoms with Crippen LogP contribution in [-0.2, 0) is 21.7 Å². The summed E-state index contributed by atoms with van der Waals surface area (Å²) in [5, 5.41) is 0. The zero-order chi connectivity index (χ0) is 35.4. The molecule has 4 heteroatoms. The minimum atomic E-state index is -0.144. The van der Waals surface area contributed by atoms with Crippen molar-refractivity contribution in [2.45, 2.75) is 128 Å². The highest BCUT2D eigenvalue weighted by Gasteiger charge is 2.55. The maximum absolute atomic E-state index is 6.68. The average molecular weight is 651 g/mol. The van der Waals surface area contributed by atoms with E-state index in [1.807, 2.05) is 0 Å². The molecule has 0 aliphatic heterocycles. The molecule has 256 valence electrons. The molecule has 1 aliphatic rings. The predicted octanol–water partition coefficient (Wildman–Crippen LogP) is 12.1. The first-order valence-corrected chi connectivity index (χ1v) is 17.5. The van der Waals surface area contributed by atoms with Crippen molar-refractivity contribution < 1.29 is 18.3 Å². The van der Waals surface area contributed by atoms with Crippen LogP contribution in [0.1, 0.15) is 152 Å². The van der Waals surface area contributed by atoms with E-state index in [-0.39, 0.29) is 45.3 Å². The van der Waals surface area contributed by atoms with Gasteiger partial charge in [-0.05, 0) is 153 Å². The molecular weight excluding hydrogens is 592 g/mol. The highest BCUT2D eigenvalue weighted by atomic mass is 16.5. The van der Waals surface area contributed by atoms with Gasteiger partial charge < -0.3 is 9.47 Å². The van der Waals surface area contributed by atoms with E-state index in [9.17, 15) is 0 Å². The molecule has 2 heterocycles. The molecule has 1 saturated carbocycles. The van der Waals surface area contributed by atoms with Crippen LogP contribution in [0.3, 0.4) is 0 Å². The highest BCUT2D eigenvalue weighted by Crippen LogP contribution is 2.67. The Balaban J connectivity index is 1.83. The van der Waals surface area contributed by atoms with Crippen molar-refractivity contribution in [1.29, 1.82) is 0 Å². The number of ether oxygens (including phenoxy) is 2. The molecule has 0 saturated heterocycles. The van der Waals surface area contributed by atoms with Gasteiger partial charge in [0.2, 0.25) is 0 Å². The van der Waals surface area contributed by atoms with E-state index in [4.69, 9.17) is 18.3 Å². The predicted molar refractivity (Wildman–Crippen MR) is 198 cm³/mol. The number of hydrogen-bond donors (Lipinski definition) is 0. The first-order chi connectivity index (χ1) is 22.2. The van der Waals surface area contributed by atoms with Crippen LogP contribution < -0.4 is 9.47 Å². The number of benzene rings is 2. The smallest absolute Gasteiger partial charge is 0.334 e. The Morgan fingerprint density at radius 1 is 0.375 bits per heavy atom. The van der Waals surface area contributed by atoms with E-state index in [0.29, 0.717) is 0 Å². The highest BCUT2D eigenvalue weighted by molar-refractivity contribution is 5.51. The first-order valence-electron chi connectivity index (χ1n) is 17.5. The van der Waals surface area contributed by atoms with E-state index in [1.165, 1.54) is 22.3 Å². The lowest BCUT2D eigenvalue weighted by molar-refractivity contribution is 0.221. The Hall–Kier alpha value is -3.66. The molecule has 4 nitrogen and oxygen atoms in total. The second-order valence-corrected chi connectivity index (χ2v) is 17.9. The molecular formula is C44H58O4+2. The van der Waals surface area contributed by atoms with E-state index in [1.54, 1.807) is 14.2 Å². The van der Waals surface area contributed by atoms with Crippen molar-refractivity contribution in [2.24, 2.45) is 0 Å². The van der Waals surface area contributed by atoms with Gasteiger partial charge in [0.25, 0.3) is 0 Å². The van der Waals surface area contributed by atoms with Gasteiger partial charge in [0, 0.05) is 24.3 Å². The lowest BCUT2D eigenvalue weighted by Crippen LogP contribution is -2.40. The minimum Gasteiger partial charge on any atom is -0.497 e. The Kier molecular flexibility index (Phi) is 9.40. The molecule has 0 radical (unpaired) electrons. The lowest BCUT2D eigenvalue weighted by Gasteiger charge is -2.53. The van der Waals surface area contributed by atoms with Gasteiger partial charge in [0.05, 0.1) is 35.9 Å². The Bertz CT molecular complexity index is 1520. The van der Waals surface area contributed by atoms with Gasteiger partial charge in [-0.25, -0.2) is 8.83 Å². The van der Waals surface area contributed by atoms with Crippen molar-refractivity contribution in [3.63, 3.8) is 0 Å². The normalized spacial score (nSPS) is 20.3. The average Bonchev–Trinajstić information content (AvgIpc) is 2.99. The van der Waals surface area contributed by atoms with Crippen molar-refractivity contribution in [3.05, 3.63) is 118 Å². The van der Waals surface area contributed by atoms with Crippen LogP contribution in [0.5, 0.6) is 11.5 Å². The van der Waals surface area contributed by atoms with Gasteiger partial charge >= 0.3 is 23.0 Å². The van der Waals surface area contributed by atoms with Crippen LogP contribution in [0.25, 0.3) is 0 Å². The van der Waals surface area contributed by atoms with Crippen molar-refractivity contribution >= 4 is 0 Å². The molecule has 48 heavy (non-hydrogen) atoms. The van der Waals surface area contributed by atoms with Gasteiger partial charge in [-0.15, -0.1) is 0 Å². The molecule has 2 aromatic carbocycles. The summed E-state index contributed by atoms with van der Waals surface area (Å²) in [6.07, 6.45) is 0.